The first-order valence-electron chi connectivity index (χ1n) is 7.88. The molecular weight excluding hydrogens is 320 g/mol. The van der Waals surface area contributed by atoms with E-state index in [2.05, 4.69) is 4.90 Å². The highest BCUT2D eigenvalue weighted by molar-refractivity contribution is 6.30. The fourth-order valence-electron chi connectivity index (χ4n) is 3.06. The summed E-state index contributed by atoms with van der Waals surface area (Å²) < 4.78 is 0. The highest BCUT2D eigenvalue weighted by Crippen LogP contribution is 2.42. The summed E-state index contributed by atoms with van der Waals surface area (Å²) >= 11 is 6.04. The van der Waals surface area contributed by atoms with Crippen LogP contribution in [0.4, 0.5) is 17.1 Å². The number of amidine groups is 2. The second-order valence-corrected chi connectivity index (χ2v) is 7.14. The third kappa shape index (κ3) is 2.78. The standard InChI is InChI=1S/C19H21ClN4/c1-13(21)24-17-7-5-4-6-16(17)23(12-19(2,3)18(24)22)15-10-8-14(20)9-11-15/h4-11,21-22H,12H2,1-3H3. The second kappa shape index (κ2) is 5.95. The van der Waals surface area contributed by atoms with E-state index in [-0.39, 0.29) is 0 Å². The molecule has 0 saturated heterocycles. The van der Waals surface area contributed by atoms with Crippen LogP contribution in [0.3, 0.4) is 0 Å². The third-order valence-corrected chi connectivity index (χ3v) is 4.56. The first-order chi connectivity index (χ1) is 11.3. The van der Waals surface area contributed by atoms with E-state index < -0.39 is 5.41 Å². The van der Waals surface area contributed by atoms with Gasteiger partial charge in [0.15, 0.2) is 0 Å². The minimum Gasteiger partial charge on any atom is -0.339 e. The van der Waals surface area contributed by atoms with Crippen molar-refractivity contribution in [2.24, 2.45) is 5.41 Å². The zero-order chi connectivity index (χ0) is 17.5. The van der Waals surface area contributed by atoms with Gasteiger partial charge in [-0.1, -0.05) is 37.6 Å². The Hall–Kier alpha value is -2.33. The van der Waals surface area contributed by atoms with Crippen LogP contribution in [-0.4, -0.2) is 18.2 Å². The molecule has 0 aliphatic carbocycles. The molecule has 24 heavy (non-hydrogen) atoms. The number of benzene rings is 2. The zero-order valence-electron chi connectivity index (χ0n) is 14.1. The molecule has 0 bridgehead atoms. The Morgan fingerprint density at radius 2 is 1.62 bits per heavy atom. The maximum absolute atomic E-state index is 8.67. The number of halogens is 1. The molecule has 2 N–H and O–H groups in total. The van der Waals surface area contributed by atoms with Crippen molar-refractivity contribution in [3.63, 3.8) is 0 Å². The molecule has 0 saturated carbocycles. The van der Waals surface area contributed by atoms with Crippen LogP contribution in [0.1, 0.15) is 20.8 Å². The van der Waals surface area contributed by atoms with Crippen molar-refractivity contribution in [2.45, 2.75) is 20.8 Å². The summed E-state index contributed by atoms with van der Waals surface area (Å²) in [5, 5.41) is 17.5. The van der Waals surface area contributed by atoms with Crippen LogP contribution in [0.25, 0.3) is 0 Å². The van der Waals surface area contributed by atoms with Crippen LogP contribution in [0.2, 0.25) is 5.02 Å². The van der Waals surface area contributed by atoms with E-state index in [1.54, 1.807) is 11.8 Å². The Morgan fingerprint density at radius 1 is 1.04 bits per heavy atom. The van der Waals surface area contributed by atoms with Crippen LogP contribution in [0.15, 0.2) is 48.5 Å². The Morgan fingerprint density at radius 3 is 2.21 bits per heavy atom. The van der Waals surface area contributed by atoms with E-state index in [1.165, 1.54) is 0 Å². The third-order valence-electron chi connectivity index (χ3n) is 4.31. The van der Waals surface area contributed by atoms with Gasteiger partial charge in [-0.15, -0.1) is 0 Å². The van der Waals surface area contributed by atoms with Gasteiger partial charge in [-0.2, -0.15) is 0 Å². The van der Waals surface area contributed by atoms with Gasteiger partial charge in [0, 0.05) is 22.7 Å². The second-order valence-electron chi connectivity index (χ2n) is 6.70. The van der Waals surface area contributed by atoms with Crippen LogP contribution in [-0.2, 0) is 0 Å². The van der Waals surface area contributed by atoms with E-state index in [1.807, 2.05) is 62.4 Å². The first kappa shape index (κ1) is 16.5. The maximum Gasteiger partial charge on any atom is 0.113 e. The minimum absolute atomic E-state index is 0.346. The van der Waals surface area contributed by atoms with E-state index >= 15 is 0 Å². The van der Waals surface area contributed by atoms with Crippen LogP contribution in [0.5, 0.6) is 0 Å². The van der Waals surface area contributed by atoms with Crippen LogP contribution in [0, 0.1) is 16.2 Å². The SMILES string of the molecule is CC(=N)N1C(=N)C(C)(C)CN(c2ccc(Cl)cc2)c2ccccc21. The average molecular weight is 341 g/mol. The molecule has 124 valence electrons. The number of hydrogen-bond acceptors (Lipinski definition) is 3. The molecule has 3 rings (SSSR count). The summed E-state index contributed by atoms with van der Waals surface area (Å²) in [6.45, 7) is 6.45. The van der Waals surface area contributed by atoms with Gasteiger partial charge in [0.2, 0.25) is 0 Å². The molecule has 1 heterocycles. The smallest absolute Gasteiger partial charge is 0.113 e. The quantitative estimate of drug-likeness (QED) is 0.546. The Kier molecular flexibility index (Phi) is 4.10. The lowest BCUT2D eigenvalue weighted by molar-refractivity contribution is 0.527. The van der Waals surface area contributed by atoms with E-state index in [4.69, 9.17) is 22.4 Å². The molecule has 4 nitrogen and oxygen atoms in total. The average Bonchev–Trinajstić information content (AvgIpc) is 2.62. The van der Waals surface area contributed by atoms with Gasteiger partial charge in [0.1, 0.15) is 11.7 Å². The van der Waals surface area contributed by atoms with E-state index in [0.717, 1.165) is 17.1 Å². The summed E-state index contributed by atoms with van der Waals surface area (Å²) in [6, 6.07) is 15.7. The minimum atomic E-state index is -0.416. The molecule has 0 spiro atoms. The van der Waals surface area contributed by atoms with Crippen molar-refractivity contribution in [2.75, 3.05) is 16.3 Å². The molecule has 5 heteroatoms. The summed E-state index contributed by atoms with van der Waals surface area (Å²) in [5.74, 6) is 0.775. The van der Waals surface area contributed by atoms with Crippen molar-refractivity contribution in [3.8, 4) is 0 Å². The Balaban J connectivity index is 2.22. The van der Waals surface area contributed by atoms with Gasteiger partial charge in [-0.3, -0.25) is 15.7 Å². The molecule has 1 aliphatic rings. The van der Waals surface area contributed by atoms with Crippen molar-refractivity contribution in [1.29, 1.82) is 10.8 Å². The Bertz CT molecular complexity index is 795. The molecule has 0 atom stereocenters. The monoisotopic (exact) mass is 340 g/mol. The highest BCUT2D eigenvalue weighted by Gasteiger charge is 2.37. The number of nitrogens with one attached hydrogen (secondary N) is 2. The molecule has 0 amide bonds. The number of rotatable bonds is 1. The fourth-order valence-corrected chi connectivity index (χ4v) is 3.19. The van der Waals surface area contributed by atoms with Crippen molar-refractivity contribution >= 4 is 40.3 Å². The number of hydrogen-bond donors (Lipinski definition) is 2. The summed E-state index contributed by atoms with van der Waals surface area (Å²) in [4.78, 5) is 3.92. The highest BCUT2D eigenvalue weighted by atomic mass is 35.5. The predicted octanol–water partition coefficient (Wildman–Crippen LogP) is 5.30. The molecule has 2 aromatic rings. The van der Waals surface area contributed by atoms with E-state index in [9.17, 15) is 0 Å². The van der Waals surface area contributed by atoms with Crippen LogP contribution >= 0.6 is 11.6 Å². The van der Waals surface area contributed by atoms with E-state index in [0.29, 0.717) is 23.2 Å². The topological polar surface area (TPSA) is 54.2 Å². The molecule has 0 radical (unpaired) electrons. The fraction of sp³-hybridized carbons (Fsp3) is 0.263. The molecule has 1 aliphatic heterocycles. The molecule has 0 fully saturated rings. The normalized spacial score (nSPS) is 16.6. The lowest BCUT2D eigenvalue weighted by Gasteiger charge is -2.32. The predicted molar refractivity (Wildman–Crippen MR) is 102 cm³/mol. The van der Waals surface area contributed by atoms with Crippen molar-refractivity contribution in [1.82, 2.24) is 0 Å². The lowest BCUT2D eigenvalue weighted by atomic mass is 9.90. The van der Waals surface area contributed by atoms with Crippen LogP contribution < -0.4 is 9.80 Å². The molecule has 0 unspecified atom stereocenters. The summed E-state index contributed by atoms with van der Waals surface area (Å²) in [6.07, 6.45) is 0. The summed E-state index contributed by atoms with van der Waals surface area (Å²) in [5.41, 5.74) is 2.45. The number of nitrogens with zero attached hydrogens (tertiary/aromatic N) is 2. The Labute approximate surface area is 147 Å². The lowest BCUT2D eigenvalue weighted by Crippen LogP contribution is -2.44. The van der Waals surface area contributed by atoms with Gasteiger partial charge >= 0.3 is 0 Å². The van der Waals surface area contributed by atoms with Gasteiger partial charge in [-0.25, -0.2) is 0 Å². The molecule has 2 aromatic carbocycles. The van der Waals surface area contributed by atoms with Gasteiger partial charge in [0.25, 0.3) is 0 Å². The number of anilines is 3. The zero-order valence-corrected chi connectivity index (χ0v) is 14.9. The largest absolute Gasteiger partial charge is 0.339 e. The van der Waals surface area contributed by atoms with Crippen molar-refractivity contribution < 1.29 is 0 Å². The first-order valence-corrected chi connectivity index (χ1v) is 8.25. The summed E-state index contributed by atoms with van der Waals surface area (Å²) in [7, 11) is 0. The molecular formula is C19H21ClN4. The number of para-hydroxylation sites is 2. The van der Waals surface area contributed by atoms with Gasteiger partial charge in [0.05, 0.1) is 11.4 Å². The van der Waals surface area contributed by atoms with Crippen molar-refractivity contribution in [3.05, 3.63) is 53.6 Å². The molecule has 0 aromatic heterocycles. The maximum atomic E-state index is 8.67. The van der Waals surface area contributed by atoms with Gasteiger partial charge < -0.3 is 4.90 Å². The van der Waals surface area contributed by atoms with Gasteiger partial charge in [-0.05, 0) is 43.3 Å². The number of fused-ring (bicyclic) bond motifs is 1.